The van der Waals surface area contributed by atoms with Gasteiger partial charge in [-0.1, -0.05) is 5.16 Å². The lowest BCUT2D eigenvalue weighted by molar-refractivity contribution is 0.312. The lowest BCUT2D eigenvalue weighted by Gasteiger charge is -1.93. The first-order valence-electron chi connectivity index (χ1n) is 3.18. The van der Waals surface area contributed by atoms with Crippen LogP contribution >= 0.6 is 0 Å². The molecule has 6 nitrogen and oxygen atoms in total. The average molecular weight is 171 g/mol. The van der Waals surface area contributed by atoms with Crippen molar-refractivity contribution in [3.63, 3.8) is 0 Å². The van der Waals surface area contributed by atoms with Gasteiger partial charge in [-0.15, -0.1) is 0 Å². The maximum Gasteiger partial charge on any atom is 0.257 e. The molecule has 6 heteroatoms. The first kappa shape index (κ1) is 8.38. The van der Waals surface area contributed by atoms with Crippen LogP contribution in [0.5, 0.6) is 5.88 Å². The summed E-state index contributed by atoms with van der Waals surface area (Å²) in [7, 11) is 1.46. The van der Waals surface area contributed by atoms with Crippen molar-refractivity contribution in [2.24, 2.45) is 10.9 Å². The van der Waals surface area contributed by atoms with E-state index < -0.39 is 0 Å². The molecule has 1 aromatic rings. The van der Waals surface area contributed by atoms with Crippen LogP contribution in [-0.2, 0) is 0 Å². The van der Waals surface area contributed by atoms with Crippen LogP contribution in [0.3, 0.4) is 0 Å². The quantitative estimate of drug-likeness (QED) is 0.284. The van der Waals surface area contributed by atoms with E-state index in [9.17, 15) is 0 Å². The summed E-state index contributed by atoms with van der Waals surface area (Å²) in [6, 6.07) is 0. The minimum atomic E-state index is -0.122. The molecule has 0 saturated heterocycles. The van der Waals surface area contributed by atoms with Crippen molar-refractivity contribution in [3.05, 3.63) is 11.3 Å². The highest BCUT2D eigenvalue weighted by molar-refractivity contribution is 5.95. The molecule has 0 amide bonds. The Morgan fingerprint density at radius 2 is 2.42 bits per heavy atom. The number of amidine groups is 1. The van der Waals surface area contributed by atoms with Gasteiger partial charge in [-0.25, -0.2) is 0 Å². The average Bonchev–Trinajstić information content (AvgIpc) is 2.45. The smallest absolute Gasteiger partial charge is 0.257 e. The maximum absolute atomic E-state index is 8.33. The summed E-state index contributed by atoms with van der Waals surface area (Å²) in [5, 5.41) is 14.6. The number of methoxy groups -OCH3 is 1. The second-order valence-electron chi connectivity index (χ2n) is 2.13. The lowest BCUT2D eigenvalue weighted by atomic mass is 10.3. The zero-order valence-corrected chi connectivity index (χ0v) is 6.74. The summed E-state index contributed by atoms with van der Waals surface area (Å²) < 4.78 is 9.57. The van der Waals surface area contributed by atoms with Crippen LogP contribution in [0.15, 0.2) is 9.68 Å². The molecule has 3 N–H and O–H groups in total. The van der Waals surface area contributed by atoms with Gasteiger partial charge in [0, 0.05) is 0 Å². The molecule has 0 fully saturated rings. The molecule has 0 bridgehead atoms. The Hall–Kier alpha value is -1.72. The molecule has 0 aliphatic rings. The molecule has 0 unspecified atom stereocenters. The Morgan fingerprint density at radius 3 is 2.83 bits per heavy atom. The van der Waals surface area contributed by atoms with Crippen molar-refractivity contribution in [1.82, 2.24) is 5.16 Å². The fourth-order valence-electron chi connectivity index (χ4n) is 0.796. The SMILES string of the molecule is COc1noc(/C(N)=N\O)c1C. The van der Waals surface area contributed by atoms with E-state index in [0.717, 1.165) is 0 Å². The molecular weight excluding hydrogens is 162 g/mol. The minimum Gasteiger partial charge on any atom is -0.479 e. The standard InChI is InChI=1S/C6H9N3O3/c1-3-4(5(7)8-10)12-9-6(3)11-2/h10H,1-2H3,(H2,7,8). The van der Waals surface area contributed by atoms with E-state index in [1.165, 1.54) is 7.11 Å². The number of hydrogen-bond donors (Lipinski definition) is 2. The van der Waals surface area contributed by atoms with Crippen molar-refractivity contribution in [1.29, 1.82) is 0 Å². The predicted octanol–water partition coefficient (Wildman–Crippen LogP) is 0.0861. The van der Waals surface area contributed by atoms with E-state index in [0.29, 0.717) is 11.4 Å². The first-order valence-corrected chi connectivity index (χ1v) is 3.18. The van der Waals surface area contributed by atoms with Gasteiger partial charge in [0.05, 0.1) is 12.7 Å². The van der Waals surface area contributed by atoms with E-state index in [4.69, 9.17) is 20.2 Å². The number of rotatable bonds is 2. The molecule has 12 heavy (non-hydrogen) atoms. The highest BCUT2D eigenvalue weighted by Crippen LogP contribution is 2.18. The van der Waals surface area contributed by atoms with Crippen LogP contribution in [0.1, 0.15) is 11.3 Å². The third kappa shape index (κ3) is 1.18. The molecule has 1 aromatic heterocycles. The van der Waals surface area contributed by atoms with E-state index in [-0.39, 0.29) is 11.6 Å². The van der Waals surface area contributed by atoms with Crippen molar-refractivity contribution >= 4 is 5.84 Å². The molecule has 0 aliphatic carbocycles. The molecule has 1 heterocycles. The van der Waals surface area contributed by atoms with Crippen LogP contribution in [-0.4, -0.2) is 23.3 Å². The highest BCUT2D eigenvalue weighted by atomic mass is 16.5. The normalized spacial score (nSPS) is 11.7. The van der Waals surface area contributed by atoms with Gasteiger partial charge in [0.15, 0.2) is 0 Å². The summed E-state index contributed by atoms with van der Waals surface area (Å²) in [6.07, 6.45) is 0. The number of nitrogens with two attached hydrogens (primary N) is 1. The Morgan fingerprint density at radius 1 is 1.75 bits per heavy atom. The van der Waals surface area contributed by atoms with Crippen LogP contribution < -0.4 is 10.5 Å². The summed E-state index contributed by atoms with van der Waals surface area (Å²) in [5.74, 6) is 0.425. The van der Waals surface area contributed by atoms with Gasteiger partial charge in [0.25, 0.3) is 5.88 Å². The fourth-order valence-corrected chi connectivity index (χ4v) is 0.796. The van der Waals surface area contributed by atoms with E-state index in [1.54, 1.807) is 6.92 Å². The van der Waals surface area contributed by atoms with Gasteiger partial charge in [0.1, 0.15) is 0 Å². The van der Waals surface area contributed by atoms with Gasteiger partial charge < -0.3 is 20.2 Å². The monoisotopic (exact) mass is 171 g/mol. The molecule has 66 valence electrons. The second kappa shape index (κ2) is 3.12. The molecule has 0 aromatic carbocycles. The summed E-state index contributed by atoms with van der Waals surface area (Å²) in [6.45, 7) is 1.70. The van der Waals surface area contributed by atoms with Gasteiger partial charge in [-0.05, 0) is 12.1 Å². The molecule has 1 rings (SSSR count). The van der Waals surface area contributed by atoms with Crippen molar-refractivity contribution in [3.8, 4) is 5.88 Å². The fraction of sp³-hybridized carbons (Fsp3) is 0.333. The molecule has 0 radical (unpaired) electrons. The first-order chi connectivity index (χ1) is 5.70. The molecule has 0 saturated carbocycles. The Balaban J connectivity index is 3.10. The number of aromatic nitrogens is 1. The summed E-state index contributed by atoms with van der Waals surface area (Å²) in [4.78, 5) is 0. The second-order valence-corrected chi connectivity index (χ2v) is 2.13. The maximum atomic E-state index is 8.33. The van der Waals surface area contributed by atoms with Gasteiger partial charge in [-0.3, -0.25) is 0 Å². The number of ether oxygens (including phenoxy) is 1. The molecule has 0 aliphatic heterocycles. The third-order valence-corrected chi connectivity index (χ3v) is 1.41. The number of hydrogen-bond acceptors (Lipinski definition) is 5. The zero-order valence-electron chi connectivity index (χ0n) is 6.74. The largest absolute Gasteiger partial charge is 0.479 e. The van der Waals surface area contributed by atoms with Crippen molar-refractivity contribution in [2.75, 3.05) is 7.11 Å². The van der Waals surface area contributed by atoms with Crippen LogP contribution in [0, 0.1) is 6.92 Å². The molecule has 0 atom stereocenters. The summed E-state index contributed by atoms with van der Waals surface area (Å²) in [5.41, 5.74) is 5.88. The molecular formula is C6H9N3O3. The van der Waals surface area contributed by atoms with E-state index in [2.05, 4.69) is 10.3 Å². The van der Waals surface area contributed by atoms with Crippen molar-refractivity contribution < 1.29 is 14.5 Å². The Kier molecular flexibility index (Phi) is 2.18. The summed E-state index contributed by atoms with van der Waals surface area (Å²) >= 11 is 0. The Labute approximate surface area is 68.6 Å². The van der Waals surface area contributed by atoms with Crippen molar-refractivity contribution in [2.45, 2.75) is 6.92 Å². The third-order valence-electron chi connectivity index (χ3n) is 1.41. The van der Waals surface area contributed by atoms with Gasteiger partial charge in [0.2, 0.25) is 11.6 Å². The molecule has 0 spiro atoms. The van der Waals surface area contributed by atoms with E-state index >= 15 is 0 Å². The minimum absolute atomic E-state index is 0.122. The zero-order chi connectivity index (χ0) is 9.14. The van der Waals surface area contributed by atoms with Crippen LogP contribution in [0.4, 0.5) is 0 Å². The highest BCUT2D eigenvalue weighted by Gasteiger charge is 2.15. The number of nitrogens with zero attached hydrogens (tertiary/aromatic N) is 2. The van der Waals surface area contributed by atoms with E-state index in [1.807, 2.05) is 0 Å². The predicted molar refractivity (Wildman–Crippen MR) is 40.3 cm³/mol. The van der Waals surface area contributed by atoms with Crippen LogP contribution in [0.25, 0.3) is 0 Å². The number of oxime groups is 1. The van der Waals surface area contributed by atoms with Crippen LogP contribution in [0.2, 0.25) is 0 Å². The topological polar surface area (TPSA) is 93.9 Å². The lowest BCUT2D eigenvalue weighted by Crippen LogP contribution is -2.13. The van der Waals surface area contributed by atoms with Gasteiger partial charge in [-0.2, -0.15) is 0 Å². The van der Waals surface area contributed by atoms with Gasteiger partial charge >= 0.3 is 0 Å². The Bertz CT molecular complexity index is 305.